The van der Waals surface area contributed by atoms with E-state index in [0.29, 0.717) is 0 Å². The number of aromatic nitrogens is 1. The lowest BCUT2D eigenvalue weighted by atomic mass is 10.1. The molecule has 0 unspecified atom stereocenters. The standard InChI is InChI=1S/C21H30N4S/c1-18-13-20(5-6-22-18)25-11-9-24(10-12-25)16-21-14-19(17-26-21)15-23-7-3-2-4-8-23/h5-6,13-14,17H,2-4,7-12,15-16H2,1H3. The number of nitrogens with zero attached hydrogens (tertiary/aromatic N) is 4. The van der Waals surface area contributed by atoms with E-state index in [0.717, 1.165) is 45.0 Å². The Kier molecular flexibility index (Phi) is 5.88. The summed E-state index contributed by atoms with van der Waals surface area (Å²) in [6.45, 7) is 11.4. The van der Waals surface area contributed by atoms with Crippen LogP contribution in [0.4, 0.5) is 5.69 Å². The molecule has 2 saturated heterocycles. The zero-order valence-corrected chi connectivity index (χ0v) is 16.7. The van der Waals surface area contributed by atoms with Crippen molar-refractivity contribution >= 4 is 17.0 Å². The highest BCUT2D eigenvalue weighted by molar-refractivity contribution is 7.10. The Hall–Kier alpha value is -1.43. The smallest absolute Gasteiger partial charge is 0.0400 e. The molecule has 2 aromatic rings. The molecule has 4 heterocycles. The van der Waals surface area contributed by atoms with E-state index >= 15 is 0 Å². The van der Waals surface area contributed by atoms with E-state index in [4.69, 9.17) is 0 Å². The highest BCUT2D eigenvalue weighted by atomic mass is 32.1. The van der Waals surface area contributed by atoms with Crippen molar-refractivity contribution in [1.82, 2.24) is 14.8 Å². The van der Waals surface area contributed by atoms with Crippen molar-refractivity contribution in [3.8, 4) is 0 Å². The van der Waals surface area contributed by atoms with Crippen molar-refractivity contribution in [3.05, 3.63) is 45.9 Å². The number of pyridine rings is 1. The largest absolute Gasteiger partial charge is 0.369 e. The molecule has 2 aliphatic heterocycles. The van der Waals surface area contributed by atoms with Crippen LogP contribution in [0, 0.1) is 6.92 Å². The first-order chi connectivity index (χ1) is 12.8. The lowest BCUT2D eigenvalue weighted by molar-refractivity contribution is 0.221. The molecule has 0 aromatic carbocycles. The van der Waals surface area contributed by atoms with Crippen molar-refractivity contribution in [1.29, 1.82) is 0 Å². The van der Waals surface area contributed by atoms with Gasteiger partial charge in [0, 0.05) is 61.7 Å². The Morgan fingerprint density at radius 2 is 1.69 bits per heavy atom. The summed E-state index contributed by atoms with van der Waals surface area (Å²) in [6.07, 6.45) is 6.08. The summed E-state index contributed by atoms with van der Waals surface area (Å²) < 4.78 is 0. The van der Waals surface area contributed by atoms with E-state index < -0.39 is 0 Å². The zero-order chi connectivity index (χ0) is 17.8. The van der Waals surface area contributed by atoms with Gasteiger partial charge in [0.05, 0.1) is 0 Å². The first kappa shape index (κ1) is 18.0. The first-order valence-corrected chi connectivity index (χ1v) is 10.8. The molecule has 2 aromatic heterocycles. The SMILES string of the molecule is Cc1cc(N2CCN(Cc3cc(CN4CCCCC4)cs3)CC2)ccn1. The fourth-order valence-electron chi connectivity index (χ4n) is 4.08. The fourth-order valence-corrected chi connectivity index (χ4v) is 5.00. The third kappa shape index (κ3) is 4.64. The van der Waals surface area contributed by atoms with Crippen LogP contribution in [0.3, 0.4) is 0 Å². The summed E-state index contributed by atoms with van der Waals surface area (Å²) in [5, 5.41) is 2.37. The molecule has 0 bridgehead atoms. The van der Waals surface area contributed by atoms with Crippen LogP contribution < -0.4 is 4.90 Å². The van der Waals surface area contributed by atoms with E-state index in [1.165, 1.54) is 48.5 Å². The molecule has 5 heteroatoms. The van der Waals surface area contributed by atoms with Crippen LogP contribution in [0.2, 0.25) is 0 Å². The van der Waals surface area contributed by atoms with Crippen molar-refractivity contribution in [3.63, 3.8) is 0 Å². The molecular weight excluding hydrogens is 340 g/mol. The Morgan fingerprint density at radius 1 is 0.923 bits per heavy atom. The van der Waals surface area contributed by atoms with Crippen LogP contribution in [0.25, 0.3) is 0 Å². The van der Waals surface area contributed by atoms with Crippen molar-refractivity contribution < 1.29 is 0 Å². The van der Waals surface area contributed by atoms with Gasteiger partial charge in [0.25, 0.3) is 0 Å². The molecule has 140 valence electrons. The average molecular weight is 371 g/mol. The molecule has 0 saturated carbocycles. The quantitative estimate of drug-likeness (QED) is 0.799. The second-order valence-corrected chi connectivity index (χ2v) is 8.67. The molecule has 0 spiro atoms. The minimum atomic E-state index is 1.10. The Labute approximate surface area is 161 Å². The summed E-state index contributed by atoms with van der Waals surface area (Å²) in [5.74, 6) is 0. The van der Waals surface area contributed by atoms with Crippen molar-refractivity contribution in [2.75, 3.05) is 44.2 Å². The van der Waals surface area contributed by atoms with E-state index in [1.54, 1.807) is 0 Å². The second-order valence-electron chi connectivity index (χ2n) is 7.68. The van der Waals surface area contributed by atoms with Gasteiger partial charge in [-0.3, -0.25) is 14.8 Å². The monoisotopic (exact) mass is 370 g/mol. The maximum Gasteiger partial charge on any atom is 0.0400 e. The summed E-state index contributed by atoms with van der Waals surface area (Å²) in [4.78, 5) is 13.5. The van der Waals surface area contributed by atoms with Gasteiger partial charge in [0.15, 0.2) is 0 Å². The molecule has 0 atom stereocenters. The molecule has 0 radical (unpaired) electrons. The molecule has 2 aliphatic rings. The van der Waals surface area contributed by atoms with E-state index in [9.17, 15) is 0 Å². The van der Waals surface area contributed by atoms with Gasteiger partial charge in [-0.1, -0.05) is 6.42 Å². The maximum absolute atomic E-state index is 4.31. The van der Waals surface area contributed by atoms with Gasteiger partial charge in [-0.25, -0.2) is 0 Å². The number of hydrogen-bond acceptors (Lipinski definition) is 5. The third-order valence-electron chi connectivity index (χ3n) is 5.56. The molecule has 2 fully saturated rings. The lowest BCUT2D eigenvalue weighted by Gasteiger charge is -2.36. The number of piperidine rings is 1. The van der Waals surface area contributed by atoms with Gasteiger partial charge in [-0.2, -0.15) is 0 Å². The Morgan fingerprint density at radius 3 is 2.46 bits per heavy atom. The van der Waals surface area contributed by atoms with Crippen LogP contribution in [0.15, 0.2) is 29.8 Å². The van der Waals surface area contributed by atoms with Crippen LogP contribution >= 0.6 is 11.3 Å². The number of aryl methyl sites for hydroxylation is 1. The number of hydrogen-bond donors (Lipinski definition) is 0. The summed E-state index contributed by atoms with van der Waals surface area (Å²) in [5.41, 5.74) is 3.93. The number of rotatable bonds is 5. The average Bonchev–Trinajstić information content (AvgIpc) is 3.10. The molecule has 0 N–H and O–H groups in total. The normalized spacial score (nSPS) is 19.8. The van der Waals surface area contributed by atoms with Gasteiger partial charge < -0.3 is 4.90 Å². The first-order valence-electron chi connectivity index (χ1n) is 9.95. The third-order valence-corrected chi connectivity index (χ3v) is 6.53. The van der Waals surface area contributed by atoms with E-state index in [2.05, 4.69) is 50.2 Å². The molecular formula is C21H30N4S. The van der Waals surface area contributed by atoms with Crippen molar-refractivity contribution in [2.24, 2.45) is 0 Å². The van der Waals surface area contributed by atoms with Gasteiger partial charge in [0.2, 0.25) is 0 Å². The van der Waals surface area contributed by atoms with Crippen LogP contribution in [-0.4, -0.2) is 54.1 Å². The molecule has 4 nitrogen and oxygen atoms in total. The summed E-state index contributed by atoms with van der Waals surface area (Å²) in [6, 6.07) is 6.77. The number of thiophene rings is 1. The number of anilines is 1. The zero-order valence-electron chi connectivity index (χ0n) is 15.9. The molecule has 0 amide bonds. The summed E-state index contributed by atoms with van der Waals surface area (Å²) >= 11 is 1.94. The molecule has 0 aliphatic carbocycles. The number of piperazine rings is 1. The Balaban J connectivity index is 1.26. The highest BCUT2D eigenvalue weighted by Crippen LogP contribution is 2.22. The van der Waals surface area contributed by atoms with E-state index in [-0.39, 0.29) is 0 Å². The van der Waals surface area contributed by atoms with Crippen LogP contribution in [-0.2, 0) is 13.1 Å². The van der Waals surface area contributed by atoms with E-state index in [1.807, 2.05) is 17.5 Å². The predicted molar refractivity (Wildman–Crippen MR) is 110 cm³/mol. The maximum atomic E-state index is 4.31. The van der Waals surface area contributed by atoms with Gasteiger partial charge >= 0.3 is 0 Å². The van der Waals surface area contributed by atoms with Crippen LogP contribution in [0.1, 0.15) is 35.4 Å². The number of likely N-dealkylation sites (tertiary alicyclic amines) is 1. The highest BCUT2D eigenvalue weighted by Gasteiger charge is 2.18. The minimum Gasteiger partial charge on any atom is -0.369 e. The Bertz CT molecular complexity index is 700. The predicted octanol–water partition coefficient (Wildman–Crippen LogP) is 3.76. The topological polar surface area (TPSA) is 22.6 Å². The van der Waals surface area contributed by atoms with Gasteiger partial charge in [-0.05, 0) is 62.0 Å². The van der Waals surface area contributed by atoms with Gasteiger partial charge in [0.1, 0.15) is 0 Å². The minimum absolute atomic E-state index is 1.10. The molecule has 4 rings (SSSR count). The summed E-state index contributed by atoms with van der Waals surface area (Å²) in [7, 11) is 0. The fraction of sp³-hybridized carbons (Fsp3) is 0.571. The van der Waals surface area contributed by atoms with Crippen LogP contribution in [0.5, 0.6) is 0 Å². The molecule has 26 heavy (non-hydrogen) atoms. The lowest BCUT2D eigenvalue weighted by Crippen LogP contribution is -2.45. The van der Waals surface area contributed by atoms with Crippen molar-refractivity contribution in [2.45, 2.75) is 39.3 Å². The van der Waals surface area contributed by atoms with Gasteiger partial charge in [-0.15, -0.1) is 11.3 Å². The second kappa shape index (κ2) is 8.51.